The summed E-state index contributed by atoms with van der Waals surface area (Å²) >= 11 is 0. The number of sulfonamides is 1. The maximum Gasteiger partial charge on any atom is 0.264 e. The zero-order valence-corrected chi connectivity index (χ0v) is 24.1. The van der Waals surface area contributed by atoms with Crippen molar-refractivity contribution in [1.82, 2.24) is 10.2 Å². The van der Waals surface area contributed by atoms with Crippen molar-refractivity contribution in [3.8, 4) is 17.2 Å². The molecule has 0 heterocycles. The van der Waals surface area contributed by atoms with E-state index in [2.05, 4.69) is 5.32 Å². The number of ether oxygens (including phenoxy) is 3. The van der Waals surface area contributed by atoms with Crippen LogP contribution in [-0.2, 0) is 26.2 Å². The number of amides is 2. The summed E-state index contributed by atoms with van der Waals surface area (Å²) in [6, 6.07) is 18.9. The molecular formula is C29H35N3O7S. The molecule has 0 fully saturated rings. The van der Waals surface area contributed by atoms with E-state index in [1.54, 1.807) is 55.5 Å². The number of methoxy groups -OCH3 is 3. The van der Waals surface area contributed by atoms with Crippen LogP contribution in [-0.4, -0.2) is 66.1 Å². The van der Waals surface area contributed by atoms with Crippen LogP contribution in [0.5, 0.6) is 17.2 Å². The molecule has 1 N–H and O–H groups in total. The molecule has 0 aromatic heterocycles. The van der Waals surface area contributed by atoms with Gasteiger partial charge in [-0.3, -0.25) is 13.9 Å². The van der Waals surface area contributed by atoms with Crippen molar-refractivity contribution in [1.29, 1.82) is 0 Å². The van der Waals surface area contributed by atoms with Gasteiger partial charge in [0.25, 0.3) is 10.0 Å². The second-order valence-electron chi connectivity index (χ2n) is 8.78. The molecule has 0 saturated heterocycles. The van der Waals surface area contributed by atoms with Gasteiger partial charge in [0, 0.05) is 19.7 Å². The van der Waals surface area contributed by atoms with Gasteiger partial charge in [-0.1, -0.05) is 37.3 Å². The van der Waals surface area contributed by atoms with Gasteiger partial charge in [0.05, 0.1) is 31.9 Å². The van der Waals surface area contributed by atoms with Crippen LogP contribution < -0.4 is 23.8 Å². The monoisotopic (exact) mass is 569 g/mol. The van der Waals surface area contributed by atoms with Crippen LogP contribution in [0, 0.1) is 0 Å². The molecule has 214 valence electrons. The first kappa shape index (κ1) is 30.3. The van der Waals surface area contributed by atoms with Crippen LogP contribution in [0.25, 0.3) is 0 Å². The first-order valence-electron chi connectivity index (χ1n) is 12.6. The van der Waals surface area contributed by atoms with Crippen LogP contribution in [0.2, 0.25) is 0 Å². The minimum Gasteiger partial charge on any atom is -0.497 e. The third kappa shape index (κ3) is 6.84. The van der Waals surface area contributed by atoms with Crippen molar-refractivity contribution in [2.24, 2.45) is 0 Å². The Labute approximate surface area is 235 Å². The molecule has 0 radical (unpaired) electrons. The molecule has 3 aromatic rings. The molecular weight excluding hydrogens is 534 g/mol. The highest BCUT2D eigenvalue weighted by Gasteiger charge is 2.33. The van der Waals surface area contributed by atoms with E-state index in [1.807, 2.05) is 6.07 Å². The number of rotatable bonds is 13. The quantitative estimate of drug-likeness (QED) is 0.335. The normalized spacial score (nSPS) is 11.7. The highest BCUT2D eigenvalue weighted by molar-refractivity contribution is 7.92. The molecule has 0 aliphatic heterocycles. The second kappa shape index (κ2) is 13.7. The number of carbonyl (C=O) groups excluding carboxylic acids is 2. The molecule has 2 amide bonds. The van der Waals surface area contributed by atoms with Crippen LogP contribution >= 0.6 is 0 Å². The number of likely N-dealkylation sites (N-methyl/N-ethyl adjacent to an activating group) is 1. The number of hydrogen-bond acceptors (Lipinski definition) is 7. The van der Waals surface area contributed by atoms with Crippen molar-refractivity contribution in [2.45, 2.75) is 30.8 Å². The van der Waals surface area contributed by atoms with Crippen LogP contribution in [0.15, 0.2) is 77.7 Å². The van der Waals surface area contributed by atoms with E-state index in [1.165, 1.54) is 51.5 Å². The lowest BCUT2D eigenvalue weighted by molar-refractivity contribution is -0.140. The van der Waals surface area contributed by atoms with Gasteiger partial charge in [0.15, 0.2) is 11.5 Å². The van der Waals surface area contributed by atoms with Gasteiger partial charge in [0.1, 0.15) is 18.3 Å². The number of para-hydroxylation sites is 1. The maximum absolute atomic E-state index is 14.0. The van der Waals surface area contributed by atoms with Gasteiger partial charge in [0.2, 0.25) is 11.8 Å². The lowest BCUT2D eigenvalue weighted by Crippen LogP contribution is -2.51. The van der Waals surface area contributed by atoms with Gasteiger partial charge in [-0.05, 0) is 48.4 Å². The minimum atomic E-state index is -4.25. The Morgan fingerprint density at radius 3 is 2.17 bits per heavy atom. The molecule has 0 aliphatic rings. The molecule has 0 unspecified atom stereocenters. The average molecular weight is 570 g/mol. The highest BCUT2D eigenvalue weighted by atomic mass is 32.2. The summed E-state index contributed by atoms with van der Waals surface area (Å²) in [5, 5.41) is 2.61. The van der Waals surface area contributed by atoms with Crippen LogP contribution in [0.4, 0.5) is 5.69 Å². The standard InChI is InChI=1S/C29H35N3O7S/c1-6-25(29(34)30-2)31(19-21-11-10-14-23(17-21)37-3)28(33)20-32(22-12-8-7-9-13-22)40(35,36)24-15-16-26(38-4)27(18-24)39-5/h7-18,25H,6,19-20H2,1-5H3,(H,30,34)/t25-/m1/s1. The van der Waals surface area contributed by atoms with Crippen LogP contribution in [0.1, 0.15) is 18.9 Å². The average Bonchev–Trinajstić information content (AvgIpc) is 2.99. The molecule has 10 nitrogen and oxygen atoms in total. The second-order valence-corrected chi connectivity index (χ2v) is 10.6. The van der Waals surface area contributed by atoms with E-state index in [-0.39, 0.29) is 23.1 Å². The Morgan fingerprint density at radius 1 is 0.875 bits per heavy atom. The molecule has 0 aliphatic carbocycles. The van der Waals surface area contributed by atoms with Gasteiger partial charge < -0.3 is 24.4 Å². The fraction of sp³-hybridized carbons (Fsp3) is 0.310. The lowest BCUT2D eigenvalue weighted by Gasteiger charge is -2.33. The first-order chi connectivity index (χ1) is 19.2. The zero-order valence-electron chi connectivity index (χ0n) is 23.3. The Kier molecular flexibility index (Phi) is 10.4. The summed E-state index contributed by atoms with van der Waals surface area (Å²) in [7, 11) is 1.65. The van der Waals surface area contributed by atoms with Gasteiger partial charge in [-0.15, -0.1) is 0 Å². The van der Waals surface area contributed by atoms with E-state index in [0.717, 1.165) is 9.87 Å². The van der Waals surface area contributed by atoms with E-state index in [0.29, 0.717) is 23.6 Å². The third-order valence-corrected chi connectivity index (χ3v) is 8.16. The number of carbonyl (C=O) groups is 2. The maximum atomic E-state index is 14.0. The van der Waals surface area contributed by atoms with Crippen molar-refractivity contribution in [3.63, 3.8) is 0 Å². The fourth-order valence-electron chi connectivity index (χ4n) is 4.28. The number of anilines is 1. The zero-order chi connectivity index (χ0) is 29.3. The van der Waals surface area contributed by atoms with E-state index >= 15 is 0 Å². The predicted molar refractivity (Wildman–Crippen MR) is 152 cm³/mol. The van der Waals surface area contributed by atoms with Crippen molar-refractivity contribution in [3.05, 3.63) is 78.4 Å². The molecule has 3 rings (SSSR count). The Morgan fingerprint density at radius 2 is 1.57 bits per heavy atom. The molecule has 0 bridgehead atoms. The summed E-state index contributed by atoms with van der Waals surface area (Å²) < 4.78 is 44.9. The SMILES string of the molecule is CC[C@H](C(=O)NC)N(Cc1cccc(OC)c1)C(=O)CN(c1ccccc1)S(=O)(=O)c1ccc(OC)c(OC)c1. The largest absolute Gasteiger partial charge is 0.497 e. The number of nitrogens with one attached hydrogen (secondary N) is 1. The van der Waals surface area contributed by atoms with Gasteiger partial charge in [-0.2, -0.15) is 0 Å². The lowest BCUT2D eigenvalue weighted by atomic mass is 10.1. The molecule has 40 heavy (non-hydrogen) atoms. The summed E-state index contributed by atoms with van der Waals surface area (Å²) in [5.74, 6) is 0.289. The Hall–Kier alpha value is -4.25. The molecule has 0 spiro atoms. The summed E-state index contributed by atoms with van der Waals surface area (Å²) in [5.41, 5.74) is 1.02. The predicted octanol–water partition coefficient (Wildman–Crippen LogP) is 3.46. The molecule has 11 heteroatoms. The third-order valence-electron chi connectivity index (χ3n) is 6.39. The number of benzene rings is 3. The van der Waals surface area contributed by atoms with Gasteiger partial charge >= 0.3 is 0 Å². The van der Waals surface area contributed by atoms with E-state index in [9.17, 15) is 18.0 Å². The topological polar surface area (TPSA) is 114 Å². The highest BCUT2D eigenvalue weighted by Crippen LogP contribution is 2.32. The first-order valence-corrected chi connectivity index (χ1v) is 14.1. The fourth-order valence-corrected chi connectivity index (χ4v) is 5.71. The van der Waals surface area contributed by atoms with E-state index in [4.69, 9.17) is 14.2 Å². The summed E-state index contributed by atoms with van der Waals surface area (Å²) in [6.07, 6.45) is 0.323. The number of hydrogen-bond donors (Lipinski definition) is 1. The Bertz CT molecular complexity index is 1410. The molecule has 0 saturated carbocycles. The van der Waals surface area contributed by atoms with Crippen molar-refractivity contribution >= 4 is 27.5 Å². The Balaban J connectivity index is 2.07. The van der Waals surface area contributed by atoms with Crippen molar-refractivity contribution in [2.75, 3.05) is 39.2 Å². The van der Waals surface area contributed by atoms with Crippen molar-refractivity contribution < 1.29 is 32.2 Å². The molecule has 3 aromatic carbocycles. The molecule has 1 atom stereocenters. The van der Waals surface area contributed by atoms with Crippen LogP contribution in [0.3, 0.4) is 0 Å². The summed E-state index contributed by atoms with van der Waals surface area (Å²) in [4.78, 5) is 28.1. The smallest absolute Gasteiger partial charge is 0.264 e. The summed E-state index contributed by atoms with van der Waals surface area (Å²) in [6.45, 7) is 1.32. The minimum absolute atomic E-state index is 0.0704. The van der Waals surface area contributed by atoms with E-state index < -0.39 is 28.5 Å². The van der Waals surface area contributed by atoms with Gasteiger partial charge in [-0.25, -0.2) is 8.42 Å². The number of nitrogens with zero attached hydrogens (tertiary/aromatic N) is 2.